The Hall–Kier alpha value is -1.42. The summed E-state index contributed by atoms with van der Waals surface area (Å²) in [5.41, 5.74) is 1.08. The highest BCUT2D eigenvalue weighted by molar-refractivity contribution is 5.81. The first-order valence-electron chi connectivity index (χ1n) is 7.66. The lowest BCUT2D eigenvalue weighted by Gasteiger charge is -2.37. The van der Waals surface area contributed by atoms with E-state index in [9.17, 15) is 4.79 Å². The first-order valence-corrected chi connectivity index (χ1v) is 7.66. The van der Waals surface area contributed by atoms with Crippen molar-refractivity contribution in [3.05, 3.63) is 30.1 Å². The molecule has 1 aliphatic carbocycles. The topological polar surface area (TPSA) is 45.2 Å². The molecule has 3 rings (SSSR count). The fourth-order valence-electron chi connectivity index (χ4n) is 2.98. The van der Waals surface area contributed by atoms with Gasteiger partial charge in [-0.05, 0) is 37.3 Å². The van der Waals surface area contributed by atoms with Gasteiger partial charge in [-0.3, -0.25) is 9.78 Å². The molecule has 2 atom stereocenters. The number of carbonyl (C=O) groups is 1. The molecule has 0 unspecified atom stereocenters. The van der Waals surface area contributed by atoms with Gasteiger partial charge < -0.3 is 10.2 Å². The van der Waals surface area contributed by atoms with E-state index in [1.165, 1.54) is 0 Å². The molecule has 1 amide bonds. The van der Waals surface area contributed by atoms with Crippen LogP contribution in [0.25, 0.3) is 0 Å². The van der Waals surface area contributed by atoms with Crippen LogP contribution in [-0.4, -0.2) is 34.9 Å². The summed E-state index contributed by atoms with van der Waals surface area (Å²) in [5, 5.41) is 3.59. The zero-order valence-electron chi connectivity index (χ0n) is 12.1. The maximum absolute atomic E-state index is 12.1. The van der Waals surface area contributed by atoms with Crippen molar-refractivity contribution in [1.29, 1.82) is 0 Å². The Morgan fingerprint density at radius 1 is 1.40 bits per heavy atom. The van der Waals surface area contributed by atoms with Crippen molar-refractivity contribution in [1.82, 2.24) is 15.2 Å². The number of nitrogens with zero attached hydrogens (tertiary/aromatic N) is 2. The van der Waals surface area contributed by atoms with E-state index in [1.807, 2.05) is 24.4 Å². The quantitative estimate of drug-likeness (QED) is 0.910. The molecule has 0 radical (unpaired) electrons. The molecule has 1 saturated carbocycles. The number of likely N-dealkylation sites (tertiary alicyclic amines) is 1. The molecule has 2 heterocycles. The van der Waals surface area contributed by atoms with E-state index in [4.69, 9.17) is 0 Å². The summed E-state index contributed by atoms with van der Waals surface area (Å²) in [5.74, 6) is 1.25. The Morgan fingerprint density at radius 3 is 2.90 bits per heavy atom. The minimum atomic E-state index is 0.347. The molecule has 1 aromatic heterocycles. The zero-order chi connectivity index (χ0) is 13.9. The van der Waals surface area contributed by atoms with E-state index < -0.39 is 0 Å². The molecular weight excluding hydrogens is 250 g/mol. The van der Waals surface area contributed by atoms with Gasteiger partial charge in [0.15, 0.2) is 0 Å². The van der Waals surface area contributed by atoms with Gasteiger partial charge in [0.25, 0.3) is 0 Å². The molecule has 4 heteroatoms. The van der Waals surface area contributed by atoms with Gasteiger partial charge in [-0.2, -0.15) is 0 Å². The molecule has 20 heavy (non-hydrogen) atoms. The molecule has 4 nitrogen and oxygen atoms in total. The fourth-order valence-corrected chi connectivity index (χ4v) is 2.98. The maximum atomic E-state index is 12.1. The molecule has 0 bridgehead atoms. The number of hydrogen-bond donors (Lipinski definition) is 1. The molecule has 1 aromatic rings. The van der Waals surface area contributed by atoms with Gasteiger partial charge in [0.1, 0.15) is 0 Å². The highest BCUT2D eigenvalue weighted by Gasteiger charge is 2.36. The Bertz CT molecular complexity index is 458. The second kappa shape index (κ2) is 5.92. The van der Waals surface area contributed by atoms with Gasteiger partial charge >= 0.3 is 0 Å². The number of nitrogens with one attached hydrogen (secondary N) is 1. The van der Waals surface area contributed by atoms with Crippen molar-refractivity contribution in [2.24, 2.45) is 11.8 Å². The van der Waals surface area contributed by atoms with Crippen molar-refractivity contribution in [3.63, 3.8) is 0 Å². The number of amides is 1. The summed E-state index contributed by atoms with van der Waals surface area (Å²) in [6.07, 6.45) is 5.08. The minimum Gasteiger partial charge on any atom is -0.342 e. The summed E-state index contributed by atoms with van der Waals surface area (Å²) < 4.78 is 0. The Morgan fingerprint density at radius 2 is 2.25 bits per heavy atom. The third-order valence-corrected chi connectivity index (χ3v) is 4.42. The average molecular weight is 273 g/mol. The van der Waals surface area contributed by atoms with Gasteiger partial charge in [-0.15, -0.1) is 0 Å². The van der Waals surface area contributed by atoms with Gasteiger partial charge in [-0.25, -0.2) is 0 Å². The van der Waals surface area contributed by atoms with Crippen molar-refractivity contribution in [2.75, 3.05) is 13.1 Å². The second-order valence-electron chi connectivity index (χ2n) is 6.13. The van der Waals surface area contributed by atoms with Crippen molar-refractivity contribution in [2.45, 2.75) is 38.8 Å². The van der Waals surface area contributed by atoms with Crippen molar-refractivity contribution in [3.8, 4) is 0 Å². The number of piperidine rings is 1. The molecule has 0 aromatic carbocycles. The summed E-state index contributed by atoms with van der Waals surface area (Å²) >= 11 is 0. The summed E-state index contributed by atoms with van der Waals surface area (Å²) in [7, 11) is 0. The number of pyridine rings is 1. The van der Waals surface area contributed by atoms with E-state index in [2.05, 4.69) is 22.1 Å². The molecule has 1 saturated heterocycles. The standard InChI is InChI=1S/C16H23N3O/c1-12-11-19(16(20)13-5-6-13)9-7-15(12)18-10-14-4-2-3-8-17-14/h2-4,8,12-13,15,18H,5-7,9-11H2,1H3/t12-,15+/m1/s1. The van der Waals surface area contributed by atoms with E-state index in [0.717, 1.165) is 44.6 Å². The van der Waals surface area contributed by atoms with Crippen LogP contribution in [0, 0.1) is 11.8 Å². The molecule has 1 aliphatic heterocycles. The zero-order valence-corrected chi connectivity index (χ0v) is 12.1. The Labute approximate surface area is 120 Å². The van der Waals surface area contributed by atoms with Crippen LogP contribution in [0.5, 0.6) is 0 Å². The van der Waals surface area contributed by atoms with E-state index in [1.54, 1.807) is 0 Å². The van der Waals surface area contributed by atoms with Crippen LogP contribution >= 0.6 is 0 Å². The number of carbonyl (C=O) groups excluding carboxylic acids is 1. The van der Waals surface area contributed by atoms with Crippen LogP contribution in [0.4, 0.5) is 0 Å². The third kappa shape index (κ3) is 3.18. The summed E-state index contributed by atoms with van der Waals surface area (Å²) in [4.78, 5) is 18.5. The largest absolute Gasteiger partial charge is 0.342 e. The van der Waals surface area contributed by atoms with E-state index in [-0.39, 0.29) is 0 Å². The summed E-state index contributed by atoms with van der Waals surface area (Å²) in [6, 6.07) is 6.49. The molecule has 1 N–H and O–H groups in total. The van der Waals surface area contributed by atoms with Gasteiger partial charge in [0.2, 0.25) is 5.91 Å². The Balaban J connectivity index is 1.48. The maximum Gasteiger partial charge on any atom is 0.225 e. The molecular formula is C16H23N3O. The second-order valence-corrected chi connectivity index (χ2v) is 6.13. The highest BCUT2D eigenvalue weighted by Crippen LogP contribution is 2.32. The lowest BCUT2D eigenvalue weighted by Crippen LogP contribution is -2.50. The van der Waals surface area contributed by atoms with Crippen LogP contribution < -0.4 is 5.32 Å². The number of aromatic nitrogens is 1. The van der Waals surface area contributed by atoms with Crippen LogP contribution in [0.2, 0.25) is 0 Å². The van der Waals surface area contributed by atoms with Gasteiger partial charge in [-0.1, -0.05) is 13.0 Å². The summed E-state index contributed by atoms with van der Waals surface area (Å²) in [6.45, 7) is 4.85. The van der Waals surface area contributed by atoms with Crippen LogP contribution in [0.3, 0.4) is 0 Å². The lowest BCUT2D eigenvalue weighted by atomic mass is 9.93. The van der Waals surface area contributed by atoms with Crippen LogP contribution in [0.15, 0.2) is 24.4 Å². The lowest BCUT2D eigenvalue weighted by molar-refractivity contribution is -0.134. The Kier molecular flexibility index (Phi) is 4.01. The van der Waals surface area contributed by atoms with Crippen molar-refractivity contribution >= 4 is 5.91 Å². The van der Waals surface area contributed by atoms with Crippen LogP contribution in [-0.2, 0) is 11.3 Å². The molecule has 108 valence electrons. The first-order chi connectivity index (χ1) is 9.74. The number of hydrogen-bond acceptors (Lipinski definition) is 3. The predicted octanol–water partition coefficient (Wildman–Crippen LogP) is 1.82. The van der Waals surface area contributed by atoms with E-state index in [0.29, 0.717) is 23.8 Å². The van der Waals surface area contributed by atoms with Gasteiger partial charge in [0.05, 0.1) is 5.69 Å². The molecule has 0 spiro atoms. The smallest absolute Gasteiger partial charge is 0.225 e. The van der Waals surface area contributed by atoms with E-state index >= 15 is 0 Å². The average Bonchev–Trinajstić information content (AvgIpc) is 3.31. The molecule has 2 aliphatic rings. The van der Waals surface area contributed by atoms with Crippen LogP contribution in [0.1, 0.15) is 31.9 Å². The highest BCUT2D eigenvalue weighted by atomic mass is 16.2. The minimum absolute atomic E-state index is 0.347. The third-order valence-electron chi connectivity index (χ3n) is 4.42. The monoisotopic (exact) mass is 273 g/mol. The predicted molar refractivity (Wildman–Crippen MR) is 77.9 cm³/mol. The van der Waals surface area contributed by atoms with Crippen molar-refractivity contribution < 1.29 is 4.79 Å². The normalized spacial score (nSPS) is 26.6. The fraction of sp³-hybridized carbons (Fsp3) is 0.625. The first kappa shape index (κ1) is 13.6. The number of rotatable bonds is 4. The molecule has 2 fully saturated rings. The SMILES string of the molecule is C[C@@H]1CN(C(=O)C2CC2)CC[C@@H]1NCc1ccccn1. The van der Waals surface area contributed by atoms with Gasteiger partial charge in [0, 0.05) is 37.8 Å².